The predicted molar refractivity (Wildman–Crippen MR) is 79.5 cm³/mol. The fourth-order valence-corrected chi connectivity index (χ4v) is 1.77. The summed E-state index contributed by atoms with van der Waals surface area (Å²) in [4.78, 5) is 22.8. The standard InChI is InChI=1S/C16H23NO5/c1-5-21-12-8-6-11(7-9-12)10-13(14(18)19)17-15(20)22-16(2,3)4/h6-9,13H,5,10H2,1-4H3,(H,17,20)(H,18,19)/p-1/t13-/m1/s1. The first-order chi connectivity index (χ1) is 10.2. The number of rotatable bonds is 6. The van der Waals surface area contributed by atoms with Crippen LogP contribution in [0.3, 0.4) is 0 Å². The van der Waals surface area contributed by atoms with Gasteiger partial charge in [0, 0.05) is 0 Å². The lowest BCUT2D eigenvalue weighted by molar-refractivity contribution is -0.308. The van der Waals surface area contributed by atoms with Gasteiger partial charge in [0.2, 0.25) is 0 Å². The van der Waals surface area contributed by atoms with Crippen molar-refractivity contribution in [2.75, 3.05) is 6.61 Å². The van der Waals surface area contributed by atoms with E-state index >= 15 is 0 Å². The molecule has 6 heteroatoms. The van der Waals surface area contributed by atoms with Gasteiger partial charge in [0.1, 0.15) is 11.4 Å². The molecule has 6 nitrogen and oxygen atoms in total. The van der Waals surface area contributed by atoms with Crippen LogP contribution in [-0.2, 0) is 16.0 Å². The molecule has 0 spiro atoms. The van der Waals surface area contributed by atoms with E-state index in [1.54, 1.807) is 45.0 Å². The van der Waals surface area contributed by atoms with E-state index in [-0.39, 0.29) is 6.42 Å². The summed E-state index contributed by atoms with van der Waals surface area (Å²) in [7, 11) is 0. The van der Waals surface area contributed by atoms with Crippen LogP contribution in [0.15, 0.2) is 24.3 Å². The molecule has 22 heavy (non-hydrogen) atoms. The second-order valence-corrected chi connectivity index (χ2v) is 5.80. The molecule has 1 aromatic carbocycles. The molecule has 0 heterocycles. The lowest BCUT2D eigenvalue weighted by Gasteiger charge is -2.24. The van der Waals surface area contributed by atoms with E-state index in [0.29, 0.717) is 12.4 Å². The van der Waals surface area contributed by atoms with Gasteiger partial charge in [-0.2, -0.15) is 0 Å². The molecule has 122 valence electrons. The van der Waals surface area contributed by atoms with Crippen LogP contribution in [0.25, 0.3) is 0 Å². The maximum Gasteiger partial charge on any atom is 0.408 e. The molecule has 1 amide bonds. The van der Waals surface area contributed by atoms with Gasteiger partial charge in [-0.1, -0.05) is 12.1 Å². The Labute approximate surface area is 130 Å². The van der Waals surface area contributed by atoms with Crippen LogP contribution in [0.2, 0.25) is 0 Å². The summed E-state index contributed by atoms with van der Waals surface area (Å²) in [6.45, 7) is 7.54. The van der Waals surface area contributed by atoms with Crippen LogP contribution in [0.5, 0.6) is 5.75 Å². The van der Waals surface area contributed by atoms with E-state index in [0.717, 1.165) is 5.56 Å². The molecule has 0 saturated heterocycles. The molecule has 0 aliphatic rings. The Hall–Kier alpha value is -2.24. The van der Waals surface area contributed by atoms with Crippen molar-refractivity contribution in [1.82, 2.24) is 5.32 Å². The highest BCUT2D eigenvalue weighted by Crippen LogP contribution is 2.14. The summed E-state index contributed by atoms with van der Waals surface area (Å²) < 4.78 is 10.4. The van der Waals surface area contributed by atoms with Crippen molar-refractivity contribution in [2.24, 2.45) is 0 Å². The van der Waals surface area contributed by atoms with Gasteiger partial charge in [0.05, 0.1) is 18.6 Å². The van der Waals surface area contributed by atoms with Crippen molar-refractivity contribution < 1.29 is 24.2 Å². The minimum atomic E-state index is -1.36. The van der Waals surface area contributed by atoms with E-state index in [1.807, 2.05) is 6.92 Å². The van der Waals surface area contributed by atoms with Crippen molar-refractivity contribution in [3.63, 3.8) is 0 Å². The molecule has 1 rings (SSSR count). The molecule has 0 radical (unpaired) electrons. The number of ether oxygens (including phenoxy) is 2. The quantitative estimate of drug-likeness (QED) is 0.855. The monoisotopic (exact) mass is 308 g/mol. The molecule has 0 aliphatic heterocycles. The van der Waals surface area contributed by atoms with Gasteiger partial charge in [-0.05, 0) is 51.8 Å². The number of hydrogen-bond acceptors (Lipinski definition) is 5. The molecular formula is C16H22NO5-. The number of carbonyl (C=O) groups is 2. The van der Waals surface area contributed by atoms with Gasteiger partial charge in [-0.15, -0.1) is 0 Å². The number of carboxylic acid groups (broad SMARTS) is 1. The Bertz CT molecular complexity index is 504. The number of nitrogens with one attached hydrogen (secondary N) is 1. The molecule has 0 unspecified atom stereocenters. The van der Waals surface area contributed by atoms with Crippen molar-refractivity contribution in [2.45, 2.75) is 45.8 Å². The summed E-state index contributed by atoms with van der Waals surface area (Å²) in [6, 6.07) is 5.83. The lowest BCUT2D eigenvalue weighted by Crippen LogP contribution is -2.50. The molecule has 1 N–H and O–H groups in total. The van der Waals surface area contributed by atoms with Gasteiger partial charge in [0.15, 0.2) is 0 Å². The summed E-state index contributed by atoms with van der Waals surface area (Å²) in [5.41, 5.74) is 0.0494. The zero-order chi connectivity index (χ0) is 16.8. The zero-order valence-electron chi connectivity index (χ0n) is 13.3. The number of carbonyl (C=O) groups excluding carboxylic acids is 2. The number of aliphatic carboxylic acids is 1. The molecular weight excluding hydrogens is 286 g/mol. The average Bonchev–Trinajstić information content (AvgIpc) is 2.38. The highest BCUT2D eigenvalue weighted by Gasteiger charge is 2.20. The van der Waals surface area contributed by atoms with Gasteiger partial charge in [-0.3, -0.25) is 0 Å². The summed E-state index contributed by atoms with van der Waals surface area (Å²) in [5, 5.41) is 13.5. The van der Waals surface area contributed by atoms with Gasteiger partial charge < -0.3 is 24.7 Å². The zero-order valence-corrected chi connectivity index (χ0v) is 13.3. The van der Waals surface area contributed by atoms with E-state index in [2.05, 4.69) is 5.32 Å². The third-order valence-corrected chi connectivity index (χ3v) is 2.65. The molecule has 1 aromatic rings. The summed E-state index contributed by atoms with van der Waals surface area (Å²) >= 11 is 0. The molecule has 0 aliphatic carbocycles. The van der Waals surface area contributed by atoms with Gasteiger partial charge in [-0.25, -0.2) is 4.79 Å². The first-order valence-electron chi connectivity index (χ1n) is 7.13. The Kier molecular flexibility index (Phi) is 6.22. The third-order valence-electron chi connectivity index (χ3n) is 2.65. The van der Waals surface area contributed by atoms with Crippen LogP contribution in [0.1, 0.15) is 33.3 Å². The van der Waals surface area contributed by atoms with Crippen molar-refractivity contribution in [3.05, 3.63) is 29.8 Å². The van der Waals surface area contributed by atoms with Gasteiger partial charge in [0.25, 0.3) is 0 Å². The Morgan fingerprint density at radius 2 is 1.82 bits per heavy atom. The average molecular weight is 308 g/mol. The largest absolute Gasteiger partial charge is 0.548 e. The topological polar surface area (TPSA) is 87.7 Å². The second kappa shape index (κ2) is 7.68. The molecule has 1 atom stereocenters. The predicted octanol–water partition coefficient (Wildman–Crippen LogP) is 1.27. The number of alkyl carbamates (subject to hydrolysis) is 1. The fraction of sp³-hybridized carbons (Fsp3) is 0.500. The molecule has 0 fully saturated rings. The Morgan fingerprint density at radius 3 is 2.27 bits per heavy atom. The van der Waals surface area contributed by atoms with Crippen molar-refractivity contribution in [1.29, 1.82) is 0 Å². The molecule has 0 saturated carbocycles. The van der Waals surface area contributed by atoms with Crippen LogP contribution in [0, 0.1) is 0 Å². The number of amides is 1. The minimum absolute atomic E-state index is 0.105. The summed E-state index contributed by atoms with van der Waals surface area (Å²) in [5.74, 6) is -0.656. The summed E-state index contributed by atoms with van der Waals surface area (Å²) in [6.07, 6.45) is -0.679. The fourth-order valence-electron chi connectivity index (χ4n) is 1.77. The van der Waals surface area contributed by atoms with E-state index in [4.69, 9.17) is 9.47 Å². The highest BCUT2D eigenvalue weighted by atomic mass is 16.6. The van der Waals surface area contributed by atoms with Crippen molar-refractivity contribution >= 4 is 12.1 Å². The smallest absolute Gasteiger partial charge is 0.408 e. The van der Waals surface area contributed by atoms with Crippen LogP contribution >= 0.6 is 0 Å². The highest BCUT2D eigenvalue weighted by molar-refractivity contribution is 5.79. The number of hydrogen-bond donors (Lipinski definition) is 1. The first kappa shape index (κ1) is 17.8. The van der Waals surface area contributed by atoms with E-state index < -0.39 is 23.7 Å². The normalized spacial score (nSPS) is 12.4. The Balaban J connectivity index is 2.68. The lowest BCUT2D eigenvalue weighted by atomic mass is 10.1. The maximum atomic E-state index is 11.7. The van der Waals surface area contributed by atoms with Crippen molar-refractivity contribution in [3.8, 4) is 5.75 Å². The van der Waals surface area contributed by atoms with Gasteiger partial charge >= 0.3 is 6.09 Å². The van der Waals surface area contributed by atoms with Crippen LogP contribution in [-0.4, -0.2) is 30.3 Å². The van der Waals surface area contributed by atoms with Crippen LogP contribution < -0.4 is 15.2 Å². The minimum Gasteiger partial charge on any atom is -0.548 e. The van der Waals surface area contributed by atoms with E-state index in [1.165, 1.54) is 0 Å². The Morgan fingerprint density at radius 1 is 1.23 bits per heavy atom. The van der Waals surface area contributed by atoms with Crippen LogP contribution in [0.4, 0.5) is 4.79 Å². The SMILES string of the molecule is CCOc1ccc(C[C@@H](NC(=O)OC(C)(C)C)C(=O)[O-])cc1. The van der Waals surface area contributed by atoms with E-state index in [9.17, 15) is 14.7 Å². The second-order valence-electron chi connectivity index (χ2n) is 5.80. The number of benzene rings is 1. The third kappa shape index (κ3) is 6.47. The maximum absolute atomic E-state index is 11.7. The molecule has 0 bridgehead atoms. The first-order valence-corrected chi connectivity index (χ1v) is 7.13. The molecule has 0 aromatic heterocycles. The number of carboxylic acids is 1.